The Bertz CT molecular complexity index is 609. The van der Waals surface area contributed by atoms with Crippen molar-refractivity contribution in [3.05, 3.63) is 35.9 Å². The molecule has 0 amide bonds. The first kappa shape index (κ1) is 13.9. The number of aromatic nitrogens is 3. The summed E-state index contributed by atoms with van der Waals surface area (Å²) < 4.78 is 12.6. The number of carboxylic acids is 1. The fourth-order valence-electron chi connectivity index (χ4n) is 1.62. The Labute approximate surface area is 115 Å². The molecular formula is C13H15N3O4. The van der Waals surface area contributed by atoms with Gasteiger partial charge in [0.05, 0.1) is 12.2 Å². The van der Waals surface area contributed by atoms with Crippen molar-refractivity contribution in [2.45, 2.75) is 13.5 Å². The van der Waals surface area contributed by atoms with Gasteiger partial charge in [-0.1, -0.05) is 0 Å². The number of aromatic carboxylic acids is 1. The van der Waals surface area contributed by atoms with E-state index in [0.29, 0.717) is 23.9 Å². The fraction of sp³-hybridized carbons (Fsp3) is 0.308. The van der Waals surface area contributed by atoms with Crippen LogP contribution in [0.15, 0.2) is 24.5 Å². The quantitative estimate of drug-likeness (QED) is 0.860. The van der Waals surface area contributed by atoms with Gasteiger partial charge in [-0.25, -0.2) is 9.78 Å². The summed E-state index contributed by atoms with van der Waals surface area (Å²) in [6, 6.07) is 4.49. The highest BCUT2D eigenvalue weighted by Crippen LogP contribution is 2.29. The predicted octanol–water partition coefficient (Wildman–Crippen LogP) is 1.49. The number of carbonyl (C=O) groups is 1. The highest BCUT2D eigenvalue weighted by molar-refractivity contribution is 5.88. The van der Waals surface area contributed by atoms with Crippen molar-refractivity contribution < 1.29 is 19.4 Å². The van der Waals surface area contributed by atoms with Crippen LogP contribution in [0.5, 0.6) is 11.5 Å². The van der Waals surface area contributed by atoms with Crippen molar-refractivity contribution >= 4 is 5.97 Å². The molecule has 0 aliphatic rings. The molecule has 0 radical (unpaired) electrons. The Morgan fingerprint density at radius 1 is 1.35 bits per heavy atom. The lowest BCUT2D eigenvalue weighted by molar-refractivity contribution is 0.0696. The van der Waals surface area contributed by atoms with E-state index in [1.807, 2.05) is 6.92 Å². The third kappa shape index (κ3) is 3.05. The lowest BCUT2D eigenvalue weighted by atomic mass is 10.2. The van der Waals surface area contributed by atoms with Crippen molar-refractivity contribution in [2.24, 2.45) is 7.05 Å². The van der Waals surface area contributed by atoms with Crippen LogP contribution in [-0.2, 0) is 13.7 Å². The van der Waals surface area contributed by atoms with Gasteiger partial charge in [-0.05, 0) is 25.1 Å². The molecule has 7 heteroatoms. The molecule has 0 saturated carbocycles. The zero-order valence-electron chi connectivity index (χ0n) is 11.2. The molecule has 0 aliphatic heterocycles. The molecule has 20 heavy (non-hydrogen) atoms. The predicted molar refractivity (Wildman–Crippen MR) is 69.9 cm³/mol. The summed E-state index contributed by atoms with van der Waals surface area (Å²) in [5.74, 6) is 0.523. The van der Waals surface area contributed by atoms with Crippen molar-refractivity contribution in [1.29, 1.82) is 0 Å². The highest BCUT2D eigenvalue weighted by Gasteiger charge is 2.11. The molecule has 1 N–H and O–H groups in total. The van der Waals surface area contributed by atoms with Crippen LogP contribution in [0, 0.1) is 0 Å². The Hall–Kier alpha value is -2.57. The SMILES string of the molecule is CCOc1cc(C(=O)O)ccc1OCc1ncnn1C. The molecule has 0 fully saturated rings. The molecule has 0 spiro atoms. The number of hydrogen-bond donors (Lipinski definition) is 1. The standard InChI is InChI=1S/C13H15N3O4/c1-3-19-11-6-9(13(17)18)4-5-10(11)20-7-12-14-8-15-16(12)2/h4-6,8H,3,7H2,1-2H3,(H,17,18). The van der Waals surface area contributed by atoms with Crippen LogP contribution in [0.25, 0.3) is 0 Å². The Kier molecular flexibility index (Phi) is 4.19. The van der Waals surface area contributed by atoms with E-state index in [4.69, 9.17) is 14.6 Å². The smallest absolute Gasteiger partial charge is 0.335 e. The fourth-order valence-corrected chi connectivity index (χ4v) is 1.62. The number of rotatable bonds is 6. The van der Waals surface area contributed by atoms with E-state index in [2.05, 4.69) is 10.1 Å². The van der Waals surface area contributed by atoms with Crippen molar-refractivity contribution in [1.82, 2.24) is 14.8 Å². The molecule has 0 saturated heterocycles. The van der Waals surface area contributed by atoms with Crippen LogP contribution >= 0.6 is 0 Å². The third-order valence-corrected chi connectivity index (χ3v) is 2.65. The van der Waals surface area contributed by atoms with Crippen molar-refractivity contribution in [3.8, 4) is 11.5 Å². The van der Waals surface area contributed by atoms with Crippen LogP contribution in [0.4, 0.5) is 0 Å². The van der Waals surface area contributed by atoms with Crippen LogP contribution < -0.4 is 9.47 Å². The average Bonchev–Trinajstić information content (AvgIpc) is 2.83. The van der Waals surface area contributed by atoms with E-state index in [1.165, 1.54) is 18.5 Å². The van der Waals surface area contributed by atoms with Gasteiger partial charge in [-0.2, -0.15) is 5.10 Å². The van der Waals surface area contributed by atoms with Crippen LogP contribution in [0.3, 0.4) is 0 Å². The number of ether oxygens (including phenoxy) is 2. The highest BCUT2D eigenvalue weighted by atomic mass is 16.5. The molecular weight excluding hydrogens is 262 g/mol. The lowest BCUT2D eigenvalue weighted by Gasteiger charge is -2.12. The minimum atomic E-state index is -1.01. The van der Waals surface area contributed by atoms with Crippen LogP contribution in [-0.4, -0.2) is 32.4 Å². The van der Waals surface area contributed by atoms with Crippen molar-refractivity contribution in [3.63, 3.8) is 0 Å². The maximum atomic E-state index is 10.9. The molecule has 0 aliphatic carbocycles. The summed E-state index contributed by atoms with van der Waals surface area (Å²) in [5.41, 5.74) is 0.152. The monoisotopic (exact) mass is 277 g/mol. The van der Waals surface area contributed by atoms with E-state index >= 15 is 0 Å². The summed E-state index contributed by atoms with van der Waals surface area (Å²) in [6.07, 6.45) is 1.44. The van der Waals surface area contributed by atoms with Crippen LogP contribution in [0.1, 0.15) is 23.1 Å². The van der Waals surface area contributed by atoms with Gasteiger partial charge in [0, 0.05) is 7.05 Å². The Balaban J connectivity index is 2.17. The lowest BCUT2D eigenvalue weighted by Crippen LogP contribution is -2.06. The second kappa shape index (κ2) is 6.05. The summed E-state index contributed by atoms with van der Waals surface area (Å²) in [7, 11) is 1.77. The Morgan fingerprint density at radius 2 is 2.15 bits per heavy atom. The zero-order chi connectivity index (χ0) is 14.5. The molecule has 1 aromatic carbocycles. The number of carboxylic acid groups (broad SMARTS) is 1. The van der Waals surface area contributed by atoms with Crippen LogP contribution in [0.2, 0.25) is 0 Å². The van der Waals surface area contributed by atoms with E-state index < -0.39 is 5.97 Å². The first-order valence-electron chi connectivity index (χ1n) is 6.07. The molecule has 0 bridgehead atoms. The summed E-state index contributed by atoms with van der Waals surface area (Å²) in [5, 5.41) is 12.9. The topological polar surface area (TPSA) is 86.5 Å². The average molecular weight is 277 g/mol. The molecule has 2 rings (SSSR count). The number of benzene rings is 1. The number of nitrogens with zero attached hydrogens (tertiary/aromatic N) is 3. The van der Waals surface area contributed by atoms with Gasteiger partial charge in [-0.3, -0.25) is 4.68 Å². The molecule has 1 heterocycles. The third-order valence-electron chi connectivity index (χ3n) is 2.65. The van der Waals surface area contributed by atoms with Gasteiger partial charge in [0.15, 0.2) is 17.3 Å². The zero-order valence-corrected chi connectivity index (χ0v) is 11.2. The van der Waals surface area contributed by atoms with Gasteiger partial charge in [0.25, 0.3) is 0 Å². The van der Waals surface area contributed by atoms with E-state index in [-0.39, 0.29) is 12.2 Å². The molecule has 7 nitrogen and oxygen atoms in total. The number of hydrogen-bond acceptors (Lipinski definition) is 5. The second-order valence-corrected chi connectivity index (χ2v) is 3.99. The van der Waals surface area contributed by atoms with Gasteiger partial charge in [0.2, 0.25) is 0 Å². The summed E-state index contributed by atoms with van der Waals surface area (Å²) in [6.45, 7) is 2.46. The van der Waals surface area contributed by atoms with Gasteiger partial charge in [-0.15, -0.1) is 0 Å². The maximum Gasteiger partial charge on any atom is 0.335 e. The molecule has 0 unspecified atom stereocenters. The van der Waals surface area contributed by atoms with E-state index in [9.17, 15) is 4.79 Å². The van der Waals surface area contributed by atoms with Gasteiger partial charge in [0.1, 0.15) is 12.9 Å². The second-order valence-electron chi connectivity index (χ2n) is 3.99. The first-order valence-corrected chi connectivity index (χ1v) is 6.07. The molecule has 106 valence electrons. The largest absolute Gasteiger partial charge is 0.490 e. The minimum Gasteiger partial charge on any atom is -0.490 e. The van der Waals surface area contributed by atoms with Crippen molar-refractivity contribution in [2.75, 3.05) is 6.61 Å². The van der Waals surface area contributed by atoms with E-state index in [1.54, 1.807) is 17.8 Å². The molecule has 0 atom stereocenters. The van der Waals surface area contributed by atoms with Gasteiger partial charge < -0.3 is 14.6 Å². The molecule has 1 aromatic heterocycles. The summed E-state index contributed by atoms with van der Waals surface area (Å²) >= 11 is 0. The first-order chi connectivity index (χ1) is 9.61. The molecule has 2 aromatic rings. The normalized spacial score (nSPS) is 10.3. The van der Waals surface area contributed by atoms with E-state index in [0.717, 1.165) is 0 Å². The Morgan fingerprint density at radius 3 is 2.75 bits per heavy atom. The number of aryl methyl sites for hydroxylation is 1. The summed E-state index contributed by atoms with van der Waals surface area (Å²) in [4.78, 5) is 15.0. The van der Waals surface area contributed by atoms with Gasteiger partial charge >= 0.3 is 5.97 Å². The minimum absolute atomic E-state index is 0.152. The maximum absolute atomic E-state index is 10.9.